The van der Waals surface area contributed by atoms with Crippen LogP contribution in [-0.4, -0.2) is 60.2 Å². The minimum absolute atomic E-state index is 0.125. The van der Waals surface area contributed by atoms with Crippen LogP contribution in [0.1, 0.15) is 32.3 Å². The fourth-order valence-electron chi connectivity index (χ4n) is 2.79. The van der Waals surface area contributed by atoms with Gasteiger partial charge in [-0.2, -0.15) is 11.8 Å². The first-order valence-electron chi connectivity index (χ1n) is 9.68. The molecule has 162 valence electrons. The van der Waals surface area contributed by atoms with Crippen LogP contribution in [0.15, 0.2) is 30.3 Å². The first-order chi connectivity index (χ1) is 13.8. The van der Waals surface area contributed by atoms with Crippen molar-refractivity contribution in [3.63, 3.8) is 0 Å². The van der Waals surface area contributed by atoms with E-state index >= 15 is 0 Å². The van der Waals surface area contributed by atoms with Crippen LogP contribution in [0.5, 0.6) is 0 Å². The smallest absolute Gasteiger partial charge is 0.328 e. The second-order valence-corrected chi connectivity index (χ2v) is 8.25. The number of ether oxygens (including phenoxy) is 1. The second kappa shape index (κ2) is 13.2. The van der Waals surface area contributed by atoms with Gasteiger partial charge in [-0.25, -0.2) is 4.79 Å². The highest BCUT2D eigenvalue weighted by Crippen LogP contribution is 2.09. The molecule has 0 radical (unpaired) electrons. The van der Waals surface area contributed by atoms with E-state index in [1.807, 2.05) is 50.4 Å². The van der Waals surface area contributed by atoms with Crippen LogP contribution >= 0.6 is 11.8 Å². The highest BCUT2D eigenvalue weighted by Gasteiger charge is 2.29. The van der Waals surface area contributed by atoms with E-state index in [-0.39, 0.29) is 12.3 Å². The summed E-state index contributed by atoms with van der Waals surface area (Å²) in [5.41, 5.74) is 0.875. The molecule has 0 aliphatic rings. The number of carbonyl (C=O) groups excluding carboxylic acids is 3. The molecule has 1 aromatic rings. The molecule has 0 aliphatic carbocycles. The standard InChI is InChI=1S/C21H32N2O5S/c1-14(2)12-16(22-20(26)18(24)10-11-29-4)19(25)23-17(21(27)28-3)13-15-8-6-5-7-9-15/h5-9,14,16-18,24H,10-13H2,1-4H3,(H,22,26)(H,23,25)/t16-,17-,18-/m0/s1. The highest BCUT2D eigenvalue weighted by atomic mass is 32.2. The van der Waals surface area contributed by atoms with Crippen molar-refractivity contribution in [3.8, 4) is 0 Å². The van der Waals surface area contributed by atoms with E-state index < -0.39 is 36.0 Å². The molecule has 0 heterocycles. The van der Waals surface area contributed by atoms with E-state index in [1.54, 1.807) is 0 Å². The van der Waals surface area contributed by atoms with Crippen molar-refractivity contribution in [1.29, 1.82) is 0 Å². The Balaban J connectivity index is 2.86. The van der Waals surface area contributed by atoms with Gasteiger partial charge in [-0.1, -0.05) is 44.2 Å². The molecule has 0 fully saturated rings. The Labute approximate surface area is 177 Å². The number of methoxy groups -OCH3 is 1. The Bertz CT molecular complexity index is 654. The maximum absolute atomic E-state index is 12.9. The van der Waals surface area contributed by atoms with Crippen molar-refractivity contribution in [2.45, 2.75) is 51.3 Å². The molecule has 0 aliphatic heterocycles. The summed E-state index contributed by atoms with van der Waals surface area (Å²) in [4.78, 5) is 37.3. The quantitative estimate of drug-likeness (QED) is 0.440. The van der Waals surface area contributed by atoms with Gasteiger partial charge in [0.25, 0.3) is 0 Å². The predicted octanol–water partition coefficient (Wildman–Crippen LogP) is 1.53. The number of thioether (sulfide) groups is 1. The number of hydrogen-bond donors (Lipinski definition) is 3. The SMILES string of the molecule is COC(=O)[C@H](Cc1ccccc1)NC(=O)[C@H](CC(C)C)NC(=O)[C@@H](O)CCSC. The van der Waals surface area contributed by atoms with Crippen molar-refractivity contribution in [3.05, 3.63) is 35.9 Å². The van der Waals surface area contributed by atoms with Crippen LogP contribution in [0.3, 0.4) is 0 Å². The van der Waals surface area contributed by atoms with Crippen molar-refractivity contribution < 1.29 is 24.2 Å². The Morgan fingerprint density at radius 3 is 2.24 bits per heavy atom. The van der Waals surface area contributed by atoms with E-state index in [4.69, 9.17) is 4.74 Å². The molecule has 0 bridgehead atoms. The number of hydrogen-bond acceptors (Lipinski definition) is 6. The van der Waals surface area contributed by atoms with Gasteiger partial charge in [0.05, 0.1) is 7.11 Å². The lowest BCUT2D eigenvalue weighted by Crippen LogP contribution is -2.54. The summed E-state index contributed by atoms with van der Waals surface area (Å²) < 4.78 is 4.83. The molecule has 1 rings (SSSR count). The summed E-state index contributed by atoms with van der Waals surface area (Å²) in [7, 11) is 1.27. The van der Waals surface area contributed by atoms with Crippen LogP contribution in [0, 0.1) is 5.92 Å². The van der Waals surface area contributed by atoms with Gasteiger partial charge >= 0.3 is 5.97 Å². The molecule has 0 saturated heterocycles. The zero-order chi connectivity index (χ0) is 21.8. The van der Waals surface area contributed by atoms with E-state index in [0.717, 1.165) is 5.56 Å². The van der Waals surface area contributed by atoms with Gasteiger partial charge in [0.15, 0.2) is 0 Å². The Kier molecular flexibility index (Phi) is 11.4. The molecule has 29 heavy (non-hydrogen) atoms. The molecule has 1 aromatic carbocycles. The first kappa shape index (κ1) is 25.0. The molecule has 7 nitrogen and oxygen atoms in total. The number of aliphatic hydroxyl groups is 1. The van der Waals surface area contributed by atoms with Crippen LogP contribution in [-0.2, 0) is 25.5 Å². The molecule has 0 unspecified atom stereocenters. The number of amides is 2. The number of aliphatic hydroxyl groups excluding tert-OH is 1. The zero-order valence-corrected chi connectivity index (χ0v) is 18.3. The molecule has 0 saturated carbocycles. The van der Waals surface area contributed by atoms with Gasteiger partial charge in [0.2, 0.25) is 11.8 Å². The van der Waals surface area contributed by atoms with Gasteiger partial charge in [0, 0.05) is 6.42 Å². The van der Waals surface area contributed by atoms with Crippen molar-refractivity contribution in [1.82, 2.24) is 10.6 Å². The summed E-state index contributed by atoms with van der Waals surface area (Å²) in [6, 6.07) is 7.56. The molecule has 0 spiro atoms. The molecule has 3 N–H and O–H groups in total. The van der Waals surface area contributed by atoms with Crippen molar-refractivity contribution in [2.24, 2.45) is 5.92 Å². The average Bonchev–Trinajstić information content (AvgIpc) is 2.70. The Hall–Kier alpha value is -2.06. The zero-order valence-electron chi connectivity index (χ0n) is 17.5. The summed E-state index contributed by atoms with van der Waals surface area (Å²) in [5, 5.41) is 15.3. The molecule has 2 amide bonds. The van der Waals surface area contributed by atoms with Crippen molar-refractivity contribution >= 4 is 29.5 Å². The van der Waals surface area contributed by atoms with Gasteiger partial charge < -0.3 is 20.5 Å². The van der Waals surface area contributed by atoms with E-state index in [0.29, 0.717) is 18.6 Å². The van der Waals surface area contributed by atoms with E-state index in [1.165, 1.54) is 18.9 Å². The maximum Gasteiger partial charge on any atom is 0.328 e. The summed E-state index contributed by atoms with van der Waals surface area (Å²) in [5.74, 6) is -0.859. The molecule has 8 heteroatoms. The lowest BCUT2D eigenvalue weighted by atomic mass is 10.0. The lowest BCUT2D eigenvalue weighted by molar-refractivity contribution is -0.145. The van der Waals surface area contributed by atoms with Crippen LogP contribution < -0.4 is 10.6 Å². The molecular formula is C21H32N2O5S. The predicted molar refractivity (Wildman–Crippen MR) is 114 cm³/mol. The largest absolute Gasteiger partial charge is 0.467 e. The van der Waals surface area contributed by atoms with Gasteiger partial charge in [-0.3, -0.25) is 9.59 Å². The number of rotatable bonds is 12. The lowest BCUT2D eigenvalue weighted by Gasteiger charge is -2.24. The third-order valence-corrected chi connectivity index (χ3v) is 4.97. The van der Waals surface area contributed by atoms with Crippen LogP contribution in [0.2, 0.25) is 0 Å². The number of benzene rings is 1. The monoisotopic (exact) mass is 424 g/mol. The molecule has 3 atom stereocenters. The van der Waals surface area contributed by atoms with Crippen molar-refractivity contribution in [2.75, 3.05) is 19.1 Å². The number of carbonyl (C=O) groups is 3. The average molecular weight is 425 g/mol. The Morgan fingerprint density at radius 1 is 1.07 bits per heavy atom. The third-order valence-electron chi connectivity index (χ3n) is 4.32. The third kappa shape index (κ3) is 9.32. The normalized spacial score (nSPS) is 14.0. The number of nitrogens with one attached hydrogen (secondary N) is 2. The fourth-order valence-corrected chi connectivity index (χ4v) is 3.25. The summed E-state index contributed by atoms with van der Waals surface area (Å²) in [6.07, 6.45) is 1.68. The van der Waals surface area contributed by atoms with Gasteiger partial charge in [0.1, 0.15) is 18.2 Å². The topological polar surface area (TPSA) is 105 Å². The Morgan fingerprint density at radius 2 is 1.69 bits per heavy atom. The second-order valence-electron chi connectivity index (χ2n) is 7.26. The highest BCUT2D eigenvalue weighted by molar-refractivity contribution is 7.98. The summed E-state index contributed by atoms with van der Waals surface area (Å²) in [6.45, 7) is 3.86. The van der Waals surface area contributed by atoms with E-state index in [9.17, 15) is 19.5 Å². The summed E-state index contributed by atoms with van der Waals surface area (Å²) >= 11 is 1.53. The van der Waals surface area contributed by atoms with E-state index in [2.05, 4.69) is 10.6 Å². The first-order valence-corrected chi connectivity index (χ1v) is 11.1. The maximum atomic E-state index is 12.9. The van der Waals surface area contributed by atoms with Gasteiger partial charge in [-0.15, -0.1) is 0 Å². The minimum atomic E-state index is -1.18. The molecular weight excluding hydrogens is 392 g/mol. The minimum Gasteiger partial charge on any atom is -0.467 e. The van der Waals surface area contributed by atoms with Gasteiger partial charge in [-0.05, 0) is 36.3 Å². The molecule has 0 aromatic heterocycles. The fraction of sp³-hybridized carbons (Fsp3) is 0.571. The van der Waals surface area contributed by atoms with Crippen LogP contribution in [0.25, 0.3) is 0 Å². The number of esters is 1. The van der Waals surface area contributed by atoms with Crippen LogP contribution in [0.4, 0.5) is 0 Å².